The second-order valence-corrected chi connectivity index (χ2v) is 8.69. The quantitative estimate of drug-likeness (QED) is 0.291. The van der Waals surface area contributed by atoms with Crippen LogP contribution in [-0.4, -0.2) is 33.4 Å². The maximum absolute atomic E-state index is 13.6. The highest BCUT2D eigenvalue weighted by Crippen LogP contribution is 2.25. The third-order valence-electron chi connectivity index (χ3n) is 4.84. The Hall–Kier alpha value is -2.87. The average Bonchev–Trinajstić information content (AvgIpc) is 3.17. The van der Waals surface area contributed by atoms with Crippen molar-refractivity contribution in [3.63, 3.8) is 0 Å². The summed E-state index contributed by atoms with van der Waals surface area (Å²) in [6.07, 6.45) is 0.976. The second-order valence-electron chi connectivity index (χ2n) is 7.75. The molecule has 3 rings (SSSR count). The number of ether oxygens (including phenoxy) is 2. The van der Waals surface area contributed by atoms with Gasteiger partial charge in [-0.3, -0.25) is 4.79 Å². The number of carbonyl (C=O) groups excluding carboxylic acids is 1. The van der Waals surface area contributed by atoms with Gasteiger partial charge < -0.3 is 14.0 Å². The lowest BCUT2D eigenvalue weighted by atomic mass is 10.1. The zero-order valence-electron chi connectivity index (χ0n) is 18.8. The van der Waals surface area contributed by atoms with Gasteiger partial charge in [0.05, 0.1) is 18.4 Å². The molecule has 170 valence electrons. The fraction of sp³-hybridized carbons (Fsp3) is 0.375. The van der Waals surface area contributed by atoms with Gasteiger partial charge in [0.1, 0.15) is 23.9 Å². The van der Waals surface area contributed by atoms with Crippen molar-refractivity contribution in [1.29, 1.82) is 0 Å². The molecule has 6 nitrogen and oxygen atoms in total. The number of aryl methyl sites for hydroxylation is 1. The van der Waals surface area contributed by atoms with Crippen LogP contribution >= 0.6 is 11.8 Å². The topological polar surface area (TPSA) is 66.2 Å². The van der Waals surface area contributed by atoms with Crippen molar-refractivity contribution in [1.82, 2.24) is 14.8 Å². The van der Waals surface area contributed by atoms with E-state index in [1.54, 1.807) is 0 Å². The number of methoxy groups -OCH3 is 1. The molecule has 0 fully saturated rings. The molecule has 1 heterocycles. The van der Waals surface area contributed by atoms with E-state index in [1.807, 2.05) is 28.8 Å². The summed E-state index contributed by atoms with van der Waals surface area (Å²) in [5.74, 6) is 1.54. The lowest BCUT2D eigenvalue weighted by Crippen LogP contribution is -2.13. The minimum Gasteiger partial charge on any atom is -0.496 e. The molecule has 0 unspecified atom stereocenters. The third-order valence-corrected chi connectivity index (χ3v) is 5.80. The normalized spacial score (nSPS) is 11.1. The SMILES string of the molecule is CCc1ccc(OCc2nnc(SCC(=O)c3cc(F)ccc3OC)n2CC(C)C)cc1. The molecule has 0 saturated carbocycles. The molecule has 0 bridgehead atoms. The first kappa shape index (κ1) is 23.8. The van der Waals surface area contributed by atoms with E-state index in [4.69, 9.17) is 9.47 Å². The van der Waals surface area contributed by atoms with Crippen molar-refractivity contribution in [2.45, 2.75) is 45.5 Å². The summed E-state index contributed by atoms with van der Waals surface area (Å²) < 4.78 is 26.7. The maximum Gasteiger partial charge on any atom is 0.191 e. The number of carbonyl (C=O) groups is 1. The van der Waals surface area contributed by atoms with Crippen molar-refractivity contribution in [3.05, 3.63) is 65.2 Å². The first-order valence-corrected chi connectivity index (χ1v) is 11.5. The van der Waals surface area contributed by atoms with E-state index in [1.165, 1.54) is 42.6 Å². The molecule has 0 N–H and O–H groups in total. The van der Waals surface area contributed by atoms with Crippen LogP contribution in [0.1, 0.15) is 42.5 Å². The predicted molar refractivity (Wildman–Crippen MR) is 123 cm³/mol. The van der Waals surface area contributed by atoms with Crippen molar-refractivity contribution in [2.24, 2.45) is 5.92 Å². The Labute approximate surface area is 192 Å². The van der Waals surface area contributed by atoms with Crippen LogP contribution in [0.15, 0.2) is 47.6 Å². The summed E-state index contributed by atoms with van der Waals surface area (Å²) in [5.41, 5.74) is 1.47. The fourth-order valence-corrected chi connectivity index (χ4v) is 4.01. The molecular weight excluding hydrogens is 429 g/mol. The number of aromatic nitrogens is 3. The van der Waals surface area contributed by atoms with Crippen LogP contribution in [0.2, 0.25) is 0 Å². The Balaban J connectivity index is 1.71. The molecule has 0 aliphatic carbocycles. The van der Waals surface area contributed by atoms with Crippen LogP contribution in [0, 0.1) is 11.7 Å². The largest absolute Gasteiger partial charge is 0.496 e. The van der Waals surface area contributed by atoms with Gasteiger partial charge in [-0.05, 0) is 48.2 Å². The molecule has 0 aliphatic rings. The van der Waals surface area contributed by atoms with E-state index in [2.05, 4.69) is 31.0 Å². The molecule has 0 spiro atoms. The van der Waals surface area contributed by atoms with Gasteiger partial charge in [0.15, 0.2) is 16.8 Å². The summed E-state index contributed by atoms with van der Waals surface area (Å²) in [6.45, 7) is 7.28. The van der Waals surface area contributed by atoms with Crippen LogP contribution in [0.3, 0.4) is 0 Å². The van der Waals surface area contributed by atoms with E-state index in [-0.39, 0.29) is 23.7 Å². The van der Waals surface area contributed by atoms with Gasteiger partial charge in [-0.25, -0.2) is 4.39 Å². The molecule has 0 amide bonds. The molecule has 3 aromatic rings. The molecule has 8 heteroatoms. The van der Waals surface area contributed by atoms with Gasteiger partial charge in [0.25, 0.3) is 0 Å². The third kappa shape index (κ3) is 6.09. The zero-order chi connectivity index (χ0) is 23.1. The number of halogens is 1. The first-order valence-electron chi connectivity index (χ1n) is 10.5. The number of hydrogen-bond acceptors (Lipinski definition) is 6. The highest BCUT2D eigenvalue weighted by atomic mass is 32.2. The Morgan fingerprint density at radius 2 is 1.91 bits per heavy atom. The second kappa shape index (κ2) is 11.1. The molecule has 2 aromatic carbocycles. The van der Waals surface area contributed by atoms with Crippen molar-refractivity contribution in [2.75, 3.05) is 12.9 Å². The Bertz CT molecular complexity index is 1050. The van der Waals surface area contributed by atoms with E-state index in [9.17, 15) is 9.18 Å². The zero-order valence-corrected chi connectivity index (χ0v) is 19.6. The van der Waals surface area contributed by atoms with E-state index >= 15 is 0 Å². The number of hydrogen-bond donors (Lipinski definition) is 0. The van der Waals surface area contributed by atoms with Gasteiger partial charge >= 0.3 is 0 Å². The summed E-state index contributed by atoms with van der Waals surface area (Å²) in [7, 11) is 1.46. The van der Waals surface area contributed by atoms with Crippen molar-refractivity contribution in [3.8, 4) is 11.5 Å². The highest BCUT2D eigenvalue weighted by molar-refractivity contribution is 7.99. The molecule has 0 saturated heterocycles. The lowest BCUT2D eigenvalue weighted by molar-refractivity contribution is 0.101. The fourth-order valence-electron chi connectivity index (χ4n) is 3.16. The van der Waals surface area contributed by atoms with Crippen LogP contribution in [0.4, 0.5) is 4.39 Å². The molecule has 0 radical (unpaired) electrons. The van der Waals surface area contributed by atoms with Crippen LogP contribution in [-0.2, 0) is 19.6 Å². The minimum absolute atomic E-state index is 0.0926. The Morgan fingerprint density at radius 1 is 1.16 bits per heavy atom. The van der Waals surface area contributed by atoms with E-state index in [0.717, 1.165) is 12.2 Å². The molecule has 0 atom stereocenters. The van der Waals surface area contributed by atoms with Crippen LogP contribution < -0.4 is 9.47 Å². The van der Waals surface area contributed by atoms with Crippen molar-refractivity contribution < 1.29 is 18.7 Å². The molecular formula is C24H28FN3O3S. The minimum atomic E-state index is -0.478. The van der Waals surface area contributed by atoms with Gasteiger partial charge in [-0.15, -0.1) is 10.2 Å². The number of benzene rings is 2. The van der Waals surface area contributed by atoms with Gasteiger partial charge in [0.2, 0.25) is 0 Å². The van der Waals surface area contributed by atoms with Gasteiger partial charge in [-0.1, -0.05) is 44.7 Å². The number of Topliss-reactive ketones (excluding diaryl/α,β-unsaturated/α-hetero) is 1. The monoisotopic (exact) mass is 457 g/mol. The average molecular weight is 458 g/mol. The highest BCUT2D eigenvalue weighted by Gasteiger charge is 2.18. The summed E-state index contributed by atoms with van der Waals surface area (Å²) in [5, 5.41) is 9.19. The molecule has 1 aromatic heterocycles. The summed E-state index contributed by atoms with van der Waals surface area (Å²) in [6, 6.07) is 11.9. The first-order chi connectivity index (χ1) is 15.4. The van der Waals surface area contributed by atoms with E-state index in [0.29, 0.717) is 29.2 Å². The number of rotatable bonds is 11. The maximum atomic E-state index is 13.6. The standard InChI is InChI=1S/C24H28FN3O3S/c1-5-17-6-9-19(10-7-17)31-14-23-26-27-24(28(23)13-16(2)3)32-15-21(29)20-12-18(25)8-11-22(20)30-4/h6-12,16H,5,13-15H2,1-4H3. The van der Waals surface area contributed by atoms with Crippen LogP contribution in [0.5, 0.6) is 11.5 Å². The Morgan fingerprint density at radius 3 is 2.56 bits per heavy atom. The molecule has 0 aliphatic heterocycles. The van der Waals surface area contributed by atoms with Gasteiger partial charge in [0, 0.05) is 6.54 Å². The smallest absolute Gasteiger partial charge is 0.191 e. The Kier molecular flexibility index (Phi) is 8.27. The summed E-state index contributed by atoms with van der Waals surface area (Å²) in [4.78, 5) is 12.7. The number of thioether (sulfide) groups is 1. The summed E-state index contributed by atoms with van der Waals surface area (Å²) >= 11 is 1.27. The molecule has 32 heavy (non-hydrogen) atoms. The lowest BCUT2D eigenvalue weighted by Gasteiger charge is -2.13. The number of nitrogens with zero attached hydrogens (tertiary/aromatic N) is 3. The predicted octanol–water partition coefficient (Wildman–Crippen LogP) is 5.20. The van der Waals surface area contributed by atoms with Gasteiger partial charge in [-0.2, -0.15) is 0 Å². The van der Waals surface area contributed by atoms with Crippen LogP contribution in [0.25, 0.3) is 0 Å². The van der Waals surface area contributed by atoms with Crippen molar-refractivity contribution >= 4 is 17.5 Å². The number of ketones is 1. The van der Waals surface area contributed by atoms with E-state index < -0.39 is 5.82 Å².